The molecule has 0 fully saturated rings. The number of nitrogens with zero attached hydrogens (tertiary/aromatic N) is 2. The number of halogens is 1. The lowest BCUT2D eigenvalue weighted by molar-refractivity contribution is -0.116. The minimum absolute atomic E-state index is 0.0366. The van der Waals surface area contributed by atoms with Gasteiger partial charge in [0.15, 0.2) is 5.78 Å². The second kappa shape index (κ2) is 8.77. The number of ketones is 1. The van der Waals surface area contributed by atoms with Crippen LogP contribution in [0.15, 0.2) is 71.9 Å². The van der Waals surface area contributed by atoms with E-state index < -0.39 is 11.2 Å². The van der Waals surface area contributed by atoms with Crippen molar-refractivity contribution in [1.82, 2.24) is 9.55 Å². The van der Waals surface area contributed by atoms with Crippen LogP contribution in [-0.2, 0) is 11.3 Å². The normalized spacial score (nSPS) is 10.8. The molecule has 0 bridgehead atoms. The van der Waals surface area contributed by atoms with Gasteiger partial charge in [0.2, 0.25) is 11.3 Å². The smallest absolute Gasteiger partial charge is 0.244 e. The van der Waals surface area contributed by atoms with Crippen molar-refractivity contribution in [3.8, 4) is 0 Å². The minimum Gasteiger partial charge on any atom is -0.337 e. The number of pyridine rings is 2. The summed E-state index contributed by atoms with van der Waals surface area (Å²) >= 11 is 6.12. The Labute approximate surface area is 189 Å². The van der Waals surface area contributed by atoms with Crippen LogP contribution in [0.1, 0.15) is 27.0 Å². The number of fused-ring (bicyclic) bond motifs is 1. The standard InChI is InChI=1S/C25H20ClN3O3/c1-15-4-3-5-21(16(15)2)28-23(30)14-29-13-20(24(31)17-8-10-27-11-9-17)25(32)19-12-18(26)6-7-22(19)29/h3-13H,14H2,1-2H3,(H,28,30). The van der Waals surface area contributed by atoms with Gasteiger partial charge in [-0.15, -0.1) is 0 Å². The molecule has 4 rings (SSSR count). The van der Waals surface area contributed by atoms with Gasteiger partial charge in [0, 0.05) is 40.3 Å². The zero-order valence-corrected chi connectivity index (χ0v) is 18.3. The number of aryl methyl sites for hydroxylation is 1. The number of carbonyl (C=O) groups is 2. The van der Waals surface area contributed by atoms with Crippen LogP contribution in [0.3, 0.4) is 0 Å². The predicted octanol–water partition coefficient (Wildman–Crippen LogP) is 4.54. The van der Waals surface area contributed by atoms with Crippen LogP contribution in [0.4, 0.5) is 5.69 Å². The number of anilines is 1. The Bertz CT molecular complexity index is 1410. The van der Waals surface area contributed by atoms with E-state index in [0.717, 1.165) is 16.8 Å². The molecule has 2 aromatic heterocycles. The Balaban J connectivity index is 1.77. The molecule has 0 aliphatic carbocycles. The average Bonchev–Trinajstić information content (AvgIpc) is 2.79. The molecule has 0 aliphatic rings. The molecular weight excluding hydrogens is 426 g/mol. The molecule has 6 nitrogen and oxygen atoms in total. The largest absolute Gasteiger partial charge is 0.337 e. The van der Waals surface area contributed by atoms with Crippen LogP contribution in [0.2, 0.25) is 5.02 Å². The lowest BCUT2D eigenvalue weighted by Gasteiger charge is -2.15. The van der Waals surface area contributed by atoms with Crippen LogP contribution in [0.5, 0.6) is 0 Å². The first-order chi connectivity index (χ1) is 15.3. The van der Waals surface area contributed by atoms with Crippen LogP contribution < -0.4 is 10.7 Å². The van der Waals surface area contributed by atoms with Crippen molar-refractivity contribution in [2.75, 3.05) is 5.32 Å². The third kappa shape index (κ3) is 4.18. The van der Waals surface area contributed by atoms with E-state index in [9.17, 15) is 14.4 Å². The van der Waals surface area contributed by atoms with Crippen molar-refractivity contribution in [3.63, 3.8) is 0 Å². The molecule has 1 N–H and O–H groups in total. The molecule has 1 amide bonds. The van der Waals surface area contributed by atoms with Gasteiger partial charge in [0.1, 0.15) is 6.54 Å². The Morgan fingerprint density at radius 3 is 2.56 bits per heavy atom. The fourth-order valence-electron chi connectivity index (χ4n) is 3.55. The molecule has 0 aliphatic heterocycles. The Kier molecular flexibility index (Phi) is 5.88. The molecule has 0 saturated carbocycles. The van der Waals surface area contributed by atoms with Crippen molar-refractivity contribution < 1.29 is 9.59 Å². The number of nitrogens with one attached hydrogen (secondary N) is 1. The number of aromatic nitrogens is 2. The lowest BCUT2D eigenvalue weighted by atomic mass is 10.0. The van der Waals surface area contributed by atoms with E-state index in [0.29, 0.717) is 16.1 Å². The van der Waals surface area contributed by atoms with Crippen molar-refractivity contribution in [1.29, 1.82) is 0 Å². The highest BCUT2D eigenvalue weighted by atomic mass is 35.5. The lowest BCUT2D eigenvalue weighted by Crippen LogP contribution is -2.24. The van der Waals surface area contributed by atoms with E-state index in [4.69, 9.17) is 11.6 Å². The average molecular weight is 446 g/mol. The predicted molar refractivity (Wildman–Crippen MR) is 125 cm³/mol. The fourth-order valence-corrected chi connectivity index (χ4v) is 3.72. The van der Waals surface area contributed by atoms with Gasteiger partial charge < -0.3 is 9.88 Å². The van der Waals surface area contributed by atoms with Gasteiger partial charge in [0.05, 0.1) is 11.1 Å². The summed E-state index contributed by atoms with van der Waals surface area (Å²) in [5.74, 6) is -0.719. The number of amides is 1. The van der Waals surface area contributed by atoms with Gasteiger partial charge in [0.25, 0.3) is 0 Å². The Morgan fingerprint density at radius 1 is 1.06 bits per heavy atom. The molecule has 2 aromatic carbocycles. The molecule has 0 radical (unpaired) electrons. The van der Waals surface area contributed by atoms with Crippen LogP contribution in [-0.4, -0.2) is 21.2 Å². The topological polar surface area (TPSA) is 81.1 Å². The van der Waals surface area contributed by atoms with E-state index in [1.165, 1.54) is 24.7 Å². The molecular formula is C25H20ClN3O3. The van der Waals surface area contributed by atoms with Gasteiger partial charge in [-0.1, -0.05) is 23.7 Å². The van der Waals surface area contributed by atoms with Gasteiger partial charge in [-0.25, -0.2) is 0 Å². The number of carbonyl (C=O) groups excluding carboxylic acids is 2. The van der Waals surface area contributed by atoms with E-state index in [1.54, 1.807) is 28.8 Å². The quantitative estimate of drug-likeness (QED) is 0.457. The van der Waals surface area contributed by atoms with Crippen LogP contribution >= 0.6 is 11.6 Å². The van der Waals surface area contributed by atoms with E-state index in [1.807, 2.05) is 32.0 Å². The summed E-state index contributed by atoms with van der Waals surface area (Å²) in [6, 6.07) is 13.6. The number of rotatable bonds is 5. The summed E-state index contributed by atoms with van der Waals surface area (Å²) in [4.78, 5) is 42.9. The minimum atomic E-state index is -0.442. The van der Waals surface area contributed by atoms with Crippen molar-refractivity contribution in [2.45, 2.75) is 20.4 Å². The molecule has 4 aromatic rings. The third-order valence-corrected chi connectivity index (χ3v) is 5.66. The number of hydrogen-bond donors (Lipinski definition) is 1. The summed E-state index contributed by atoms with van der Waals surface area (Å²) in [5, 5.41) is 3.56. The maximum Gasteiger partial charge on any atom is 0.244 e. The highest BCUT2D eigenvalue weighted by Gasteiger charge is 2.18. The van der Waals surface area contributed by atoms with E-state index >= 15 is 0 Å². The fraction of sp³-hybridized carbons (Fsp3) is 0.120. The first kappa shape index (κ1) is 21.5. The second-order valence-electron chi connectivity index (χ2n) is 7.52. The van der Waals surface area contributed by atoms with E-state index in [-0.39, 0.29) is 23.4 Å². The summed E-state index contributed by atoms with van der Waals surface area (Å²) in [5.41, 5.74) is 3.14. The van der Waals surface area contributed by atoms with Gasteiger partial charge >= 0.3 is 0 Å². The monoisotopic (exact) mass is 445 g/mol. The first-order valence-corrected chi connectivity index (χ1v) is 10.4. The molecule has 0 atom stereocenters. The van der Waals surface area contributed by atoms with E-state index in [2.05, 4.69) is 10.3 Å². The maximum absolute atomic E-state index is 13.1. The second-order valence-corrected chi connectivity index (χ2v) is 7.96. The van der Waals surface area contributed by atoms with Crippen molar-refractivity contribution >= 4 is 39.9 Å². The van der Waals surface area contributed by atoms with Crippen molar-refractivity contribution in [2.24, 2.45) is 0 Å². The summed E-state index contributed by atoms with van der Waals surface area (Å²) in [6.45, 7) is 3.83. The van der Waals surface area contributed by atoms with Gasteiger partial charge in [-0.2, -0.15) is 0 Å². The number of benzene rings is 2. The Hall–Kier alpha value is -3.77. The highest BCUT2D eigenvalue weighted by Crippen LogP contribution is 2.21. The summed E-state index contributed by atoms with van der Waals surface area (Å²) < 4.78 is 1.60. The molecule has 0 unspecified atom stereocenters. The maximum atomic E-state index is 13.1. The van der Waals surface area contributed by atoms with Crippen LogP contribution in [0, 0.1) is 13.8 Å². The van der Waals surface area contributed by atoms with Gasteiger partial charge in [-0.3, -0.25) is 19.4 Å². The zero-order chi connectivity index (χ0) is 22.8. The Morgan fingerprint density at radius 2 is 1.81 bits per heavy atom. The summed E-state index contributed by atoms with van der Waals surface area (Å²) in [6.07, 6.45) is 4.41. The number of hydrogen-bond acceptors (Lipinski definition) is 4. The third-order valence-electron chi connectivity index (χ3n) is 5.42. The zero-order valence-electron chi connectivity index (χ0n) is 17.6. The molecule has 2 heterocycles. The molecule has 0 saturated heterocycles. The molecule has 7 heteroatoms. The molecule has 160 valence electrons. The van der Waals surface area contributed by atoms with Gasteiger partial charge in [-0.05, 0) is 61.4 Å². The SMILES string of the molecule is Cc1cccc(NC(=O)Cn2cc(C(=O)c3ccncc3)c(=O)c3cc(Cl)ccc32)c1C. The molecule has 0 spiro atoms. The van der Waals surface area contributed by atoms with Crippen LogP contribution in [0.25, 0.3) is 10.9 Å². The highest BCUT2D eigenvalue weighted by molar-refractivity contribution is 6.31. The first-order valence-electron chi connectivity index (χ1n) is 9.98. The summed E-state index contributed by atoms with van der Waals surface area (Å²) in [7, 11) is 0. The van der Waals surface area contributed by atoms with Crippen molar-refractivity contribution in [3.05, 3.63) is 105 Å². The molecule has 32 heavy (non-hydrogen) atoms.